The first-order valence-electron chi connectivity index (χ1n) is 10.9. The normalized spacial score (nSPS) is 11.8. The lowest BCUT2D eigenvalue weighted by molar-refractivity contribution is -0.106. The fourth-order valence-electron chi connectivity index (χ4n) is 4.07. The molecule has 3 rings (SSSR count). The highest BCUT2D eigenvalue weighted by molar-refractivity contribution is 5.93. The van der Waals surface area contributed by atoms with Crippen LogP contribution in [0.15, 0.2) is 60.7 Å². The fourth-order valence-corrected chi connectivity index (χ4v) is 4.07. The highest BCUT2D eigenvalue weighted by Crippen LogP contribution is 2.41. The van der Waals surface area contributed by atoms with Crippen LogP contribution < -0.4 is 4.90 Å². The van der Waals surface area contributed by atoms with Crippen molar-refractivity contribution in [1.29, 1.82) is 0 Å². The van der Waals surface area contributed by atoms with Gasteiger partial charge in [0.1, 0.15) is 5.82 Å². The molecule has 0 heterocycles. The number of carboxylic acids is 1. The Labute approximate surface area is 194 Å². The Hall–Kier alpha value is -3.47. The number of halogens is 1. The van der Waals surface area contributed by atoms with E-state index in [1.807, 2.05) is 71.9 Å². The topological polar surface area (TPSA) is 57.6 Å². The monoisotopic (exact) mass is 447 g/mol. The summed E-state index contributed by atoms with van der Waals surface area (Å²) in [5.74, 6) is -1.33. The maximum absolute atomic E-state index is 15.1. The standard InChI is InChI=1S/C28H30FNO3/c1-18-10-13-25(30(17-31)21-9-7-8-19(15-21)26(32)33)23(14-18)28(5,6)20-11-12-22(24(29)16-20)27(2,3)4/h7-17H,1-6H3,(H,32,33). The second-order valence-electron chi connectivity index (χ2n) is 9.92. The van der Waals surface area contributed by atoms with Crippen molar-refractivity contribution in [3.05, 3.63) is 94.3 Å². The lowest BCUT2D eigenvalue weighted by Crippen LogP contribution is -2.25. The van der Waals surface area contributed by atoms with Gasteiger partial charge in [0.15, 0.2) is 0 Å². The van der Waals surface area contributed by atoms with Crippen LogP contribution in [0.1, 0.15) is 67.2 Å². The molecule has 3 aromatic carbocycles. The molecule has 4 nitrogen and oxygen atoms in total. The van der Waals surface area contributed by atoms with Gasteiger partial charge in [0.25, 0.3) is 0 Å². The minimum absolute atomic E-state index is 0.0899. The minimum atomic E-state index is -1.07. The van der Waals surface area contributed by atoms with E-state index in [1.54, 1.807) is 18.2 Å². The molecule has 33 heavy (non-hydrogen) atoms. The number of amides is 1. The Kier molecular flexibility index (Phi) is 6.46. The number of aryl methyl sites for hydroxylation is 1. The van der Waals surface area contributed by atoms with Crippen molar-refractivity contribution in [2.45, 2.75) is 52.4 Å². The average molecular weight is 448 g/mol. The minimum Gasteiger partial charge on any atom is -0.478 e. The summed E-state index contributed by atoms with van der Waals surface area (Å²) in [7, 11) is 0. The van der Waals surface area contributed by atoms with E-state index in [4.69, 9.17) is 0 Å². The summed E-state index contributed by atoms with van der Waals surface area (Å²) in [4.78, 5) is 25.1. The molecule has 0 aromatic heterocycles. The summed E-state index contributed by atoms with van der Waals surface area (Å²) >= 11 is 0. The number of carbonyl (C=O) groups is 2. The number of hydrogen-bond acceptors (Lipinski definition) is 2. The summed E-state index contributed by atoms with van der Waals surface area (Å²) in [6, 6.07) is 17.3. The second kappa shape index (κ2) is 8.81. The molecule has 0 unspecified atom stereocenters. The van der Waals surface area contributed by atoms with Gasteiger partial charge in [-0.15, -0.1) is 0 Å². The zero-order valence-electron chi connectivity index (χ0n) is 19.9. The zero-order chi connectivity index (χ0) is 24.6. The van der Waals surface area contributed by atoms with Crippen molar-refractivity contribution in [2.24, 2.45) is 0 Å². The van der Waals surface area contributed by atoms with Gasteiger partial charge >= 0.3 is 5.97 Å². The van der Waals surface area contributed by atoms with Crippen LogP contribution in [0.25, 0.3) is 0 Å². The first-order chi connectivity index (χ1) is 15.4. The van der Waals surface area contributed by atoms with E-state index >= 15 is 4.39 Å². The maximum atomic E-state index is 15.1. The molecule has 0 fully saturated rings. The van der Waals surface area contributed by atoms with Gasteiger partial charge < -0.3 is 5.11 Å². The van der Waals surface area contributed by atoms with Crippen molar-refractivity contribution >= 4 is 23.8 Å². The highest BCUT2D eigenvalue weighted by Gasteiger charge is 2.30. The van der Waals surface area contributed by atoms with E-state index in [0.29, 0.717) is 23.3 Å². The molecule has 1 N–H and O–H groups in total. The third-order valence-electron chi connectivity index (χ3n) is 6.06. The number of carboxylic acid groups (broad SMARTS) is 1. The van der Waals surface area contributed by atoms with Crippen LogP contribution in [-0.2, 0) is 15.6 Å². The molecule has 0 saturated carbocycles. The molecule has 5 heteroatoms. The highest BCUT2D eigenvalue weighted by atomic mass is 19.1. The Morgan fingerprint density at radius 3 is 2.21 bits per heavy atom. The first-order valence-corrected chi connectivity index (χ1v) is 10.9. The van der Waals surface area contributed by atoms with Crippen molar-refractivity contribution in [1.82, 2.24) is 0 Å². The fraction of sp³-hybridized carbons (Fsp3) is 0.286. The average Bonchev–Trinajstić information content (AvgIpc) is 2.74. The van der Waals surface area contributed by atoms with Gasteiger partial charge in [0.05, 0.1) is 11.3 Å². The van der Waals surface area contributed by atoms with Crippen molar-refractivity contribution in [3.8, 4) is 0 Å². The molecule has 172 valence electrons. The Bertz CT molecular complexity index is 1210. The Morgan fingerprint density at radius 1 is 0.939 bits per heavy atom. The number of nitrogens with zero attached hydrogens (tertiary/aromatic N) is 1. The molecule has 3 aromatic rings. The predicted octanol–water partition coefficient (Wildman–Crippen LogP) is 6.75. The van der Waals surface area contributed by atoms with E-state index in [1.165, 1.54) is 17.0 Å². The van der Waals surface area contributed by atoms with Gasteiger partial charge in [-0.1, -0.05) is 70.5 Å². The molecule has 0 spiro atoms. The molecule has 0 aliphatic heterocycles. The van der Waals surface area contributed by atoms with E-state index in [9.17, 15) is 14.7 Å². The van der Waals surface area contributed by atoms with E-state index in [-0.39, 0.29) is 16.8 Å². The summed E-state index contributed by atoms with van der Waals surface area (Å²) in [5, 5.41) is 9.37. The lowest BCUT2D eigenvalue weighted by atomic mass is 9.75. The summed E-state index contributed by atoms with van der Waals surface area (Å²) in [5.41, 5.74) is 3.46. The number of rotatable bonds is 6. The van der Waals surface area contributed by atoms with Gasteiger partial charge in [-0.25, -0.2) is 9.18 Å². The van der Waals surface area contributed by atoms with Crippen LogP contribution in [0.3, 0.4) is 0 Å². The number of anilines is 2. The van der Waals surface area contributed by atoms with Gasteiger partial charge in [0.2, 0.25) is 6.41 Å². The quantitative estimate of drug-likeness (QED) is 0.425. The van der Waals surface area contributed by atoms with E-state index in [0.717, 1.165) is 16.7 Å². The summed E-state index contributed by atoms with van der Waals surface area (Å²) < 4.78 is 15.1. The van der Waals surface area contributed by atoms with Crippen LogP contribution in [0.2, 0.25) is 0 Å². The van der Waals surface area contributed by atoms with Crippen LogP contribution in [0, 0.1) is 12.7 Å². The molecule has 0 bridgehead atoms. The van der Waals surface area contributed by atoms with Gasteiger partial charge in [-0.05, 0) is 59.4 Å². The van der Waals surface area contributed by atoms with E-state index in [2.05, 4.69) is 0 Å². The molecular weight excluding hydrogens is 417 g/mol. The number of benzene rings is 3. The van der Waals surface area contributed by atoms with Crippen molar-refractivity contribution in [2.75, 3.05) is 4.90 Å². The third kappa shape index (κ3) is 4.82. The van der Waals surface area contributed by atoms with Gasteiger partial charge in [-0.2, -0.15) is 0 Å². The molecule has 0 atom stereocenters. The largest absolute Gasteiger partial charge is 0.478 e. The molecule has 0 radical (unpaired) electrons. The Morgan fingerprint density at radius 2 is 1.64 bits per heavy atom. The number of carbonyl (C=O) groups excluding carboxylic acids is 1. The SMILES string of the molecule is Cc1ccc(N(C=O)c2cccc(C(=O)O)c2)c(C(C)(C)c2ccc(C(C)(C)C)c(F)c2)c1. The van der Waals surface area contributed by atoms with Crippen LogP contribution in [0.5, 0.6) is 0 Å². The second-order valence-corrected chi connectivity index (χ2v) is 9.92. The maximum Gasteiger partial charge on any atom is 0.335 e. The predicted molar refractivity (Wildman–Crippen MR) is 130 cm³/mol. The number of hydrogen-bond donors (Lipinski definition) is 1. The van der Waals surface area contributed by atoms with E-state index < -0.39 is 11.4 Å². The molecule has 0 aliphatic carbocycles. The zero-order valence-corrected chi connectivity index (χ0v) is 19.9. The molecule has 1 amide bonds. The van der Waals surface area contributed by atoms with Crippen LogP contribution in [-0.4, -0.2) is 17.5 Å². The van der Waals surface area contributed by atoms with Crippen LogP contribution in [0.4, 0.5) is 15.8 Å². The lowest BCUT2D eigenvalue weighted by Gasteiger charge is -2.32. The first kappa shape index (κ1) is 24.2. The summed E-state index contributed by atoms with van der Waals surface area (Å²) in [6.45, 7) is 11.9. The molecule has 0 aliphatic rings. The third-order valence-corrected chi connectivity index (χ3v) is 6.06. The van der Waals surface area contributed by atoms with Gasteiger partial charge in [0, 0.05) is 11.1 Å². The molecular formula is C28H30FNO3. The van der Waals surface area contributed by atoms with Gasteiger partial charge in [-0.3, -0.25) is 9.69 Å². The van der Waals surface area contributed by atoms with Crippen molar-refractivity contribution < 1.29 is 19.1 Å². The van der Waals surface area contributed by atoms with Crippen molar-refractivity contribution in [3.63, 3.8) is 0 Å². The summed E-state index contributed by atoms with van der Waals surface area (Å²) in [6.07, 6.45) is 0.675. The number of aromatic carboxylic acids is 1. The van der Waals surface area contributed by atoms with Crippen LogP contribution >= 0.6 is 0 Å². The Balaban J connectivity index is 2.17. The smallest absolute Gasteiger partial charge is 0.335 e. The molecule has 0 saturated heterocycles.